The van der Waals surface area contributed by atoms with E-state index in [2.05, 4.69) is 10.3 Å². The van der Waals surface area contributed by atoms with Gasteiger partial charge in [0.25, 0.3) is 11.8 Å². The molecule has 0 aliphatic carbocycles. The number of anilines is 1. The molecule has 23 heavy (non-hydrogen) atoms. The van der Waals surface area contributed by atoms with Crippen molar-refractivity contribution < 1.29 is 14.3 Å². The maximum Gasteiger partial charge on any atom is 0.262 e. The first-order chi connectivity index (χ1) is 11.1. The first-order valence-electron chi connectivity index (χ1n) is 7.30. The highest BCUT2D eigenvalue weighted by Crippen LogP contribution is 2.33. The Hall–Kier alpha value is -2.89. The fraction of sp³-hybridized carbons (Fsp3) is 0.235. The lowest BCUT2D eigenvalue weighted by atomic mass is 10.1. The Balaban J connectivity index is 1.89. The molecule has 0 fully saturated rings. The van der Waals surface area contributed by atoms with Gasteiger partial charge in [-0.05, 0) is 30.7 Å². The highest BCUT2D eigenvalue weighted by atomic mass is 16.5. The van der Waals surface area contributed by atoms with Gasteiger partial charge >= 0.3 is 0 Å². The van der Waals surface area contributed by atoms with Gasteiger partial charge in [0, 0.05) is 19.4 Å². The Kier molecular flexibility index (Phi) is 3.97. The first kappa shape index (κ1) is 15.0. The van der Waals surface area contributed by atoms with Crippen LogP contribution in [-0.4, -0.2) is 35.4 Å². The number of rotatable bonds is 3. The average molecular weight is 311 g/mol. The molecule has 1 atom stereocenters. The van der Waals surface area contributed by atoms with Crippen LogP contribution in [0.25, 0.3) is 0 Å². The summed E-state index contributed by atoms with van der Waals surface area (Å²) in [6, 6.07) is 8.78. The Morgan fingerprint density at radius 2 is 2.17 bits per heavy atom. The van der Waals surface area contributed by atoms with Gasteiger partial charge < -0.3 is 15.0 Å². The molecule has 2 heterocycles. The molecule has 118 valence electrons. The van der Waals surface area contributed by atoms with Gasteiger partial charge in [0.05, 0.1) is 17.3 Å². The zero-order valence-electron chi connectivity index (χ0n) is 12.9. The van der Waals surface area contributed by atoms with Crippen LogP contribution in [0.5, 0.6) is 5.75 Å². The number of para-hydroxylation sites is 1. The SMILES string of the molecule is CC(c1cccnc1)N(C)C(=O)c1cccc2c1OCC(=O)N2. The van der Waals surface area contributed by atoms with Gasteiger partial charge in [-0.3, -0.25) is 14.6 Å². The number of nitrogens with one attached hydrogen (secondary N) is 1. The number of hydrogen-bond donors (Lipinski definition) is 1. The van der Waals surface area contributed by atoms with Crippen LogP contribution in [0.4, 0.5) is 5.69 Å². The van der Waals surface area contributed by atoms with Crippen molar-refractivity contribution >= 4 is 17.5 Å². The average Bonchev–Trinajstić information content (AvgIpc) is 2.59. The molecule has 2 aromatic rings. The van der Waals surface area contributed by atoms with Gasteiger partial charge in [0.1, 0.15) is 0 Å². The van der Waals surface area contributed by atoms with Crippen LogP contribution < -0.4 is 10.1 Å². The summed E-state index contributed by atoms with van der Waals surface area (Å²) < 4.78 is 5.45. The summed E-state index contributed by atoms with van der Waals surface area (Å²) in [5.41, 5.74) is 1.90. The van der Waals surface area contributed by atoms with E-state index in [1.165, 1.54) is 0 Å². The number of ether oxygens (including phenoxy) is 1. The second kappa shape index (κ2) is 6.08. The number of fused-ring (bicyclic) bond motifs is 1. The molecule has 0 saturated carbocycles. The number of pyridine rings is 1. The minimum atomic E-state index is -0.223. The van der Waals surface area contributed by atoms with Gasteiger partial charge in [-0.2, -0.15) is 0 Å². The van der Waals surface area contributed by atoms with Gasteiger partial charge in [0.2, 0.25) is 0 Å². The highest BCUT2D eigenvalue weighted by molar-refractivity contribution is 6.03. The lowest BCUT2D eigenvalue weighted by Crippen LogP contribution is -2.32. The molecule has 1 N–H and O–H groups in total. The molecular formula is C17H17N3O3. The molecule has 1 aromatic carbocycles. The summed E-state index contributed by atoms with van der Waals surface area (Å²) in [6.07, 6.45) is 3.44. The predicted molar refractivity (Wildman–Crippen MR) is 85.3 cm³/mol. The molecule has 3 rings (SSSR count). The van der Waals surface area contributed by atoms with Crippen LogP contribution in [0.15, 0.2) is 42.7 Å². The number of carbonyl (C=O) groups excluding carboxylic acids is 2. The van der Waals surface area contributed by atoms with E-state index in [-0.39, 0.29) is 24.5 Å². The standard InChI is InChI=1S/C17H17N3O3/c1-11(12-5-4-8-18-9-12)20(2)17(22)13-6-3-7-14-16(13)23-10-15(21)19-14/h3-9,11H,10H2,1-2H3,(H,19,21). The minimum Gasteiger partial charge on any atom is -0.481 e. The third-order valence-corrected chi connectivity index (χ3v) is 3.94. The van der Waals surface area contributed by atoms with Crippen LogP contribution in [0.2, 0.25) is 0 Å². The Morgan fingerprint density at radius 3 is 2.91 bits per heavy atom. The molecule has 1 aliphatic rings. The number of nitrogens with zero attached hydrogens (tertiary/aromatic N) is 2. The first-order valence-corrected chi connectivity index (χ1v) is 7.30. The second-order valence-corrected chi connectivity index (χ2v) is 5.40. The van der Waals surface area contributed by atoms with Crippen molar-refractivity contribution in [1.29, 1.82) is 0 Å². The van der Waals surface area contributed by atoms with E-state index in [0.29, 0.717) is 17.0 Å². The van der Waals surface area contributed by atoms with E-state index >= 15 is 0 Å². The molecule has 1 unspecified atom stereocenters. The lowest BCUT2D eigenvalue weighted by Gasteiger charge is -2.27. The minimum absolute atomic E-state index is 0.0842. The fourth-order valence-electron chi connectivity index (χ4n) is 2.50. The normalized spacial score (nSPS) is 14.3. The lowest BCUT2D eigenvalue weighted by molar-refractivity contribution is -0.118. The van der Waals surface area contributed by atoms with Crippen LogP contribution in [0.1, 0.15) is 28.9 Å². The number of carbonyl (C=O) groups is 2. The molecule has 0 radical (unpaired) electrons. The molecule has 1 aromatic heterocycles. The van der Waals surface area contributed by atoms with Crippen molar-refractivity contribution in [2.75, 3.05) is 19.0 Å². The fourth-order valence-corrected chi connectivity index (χ4v) is 2.50. The second-order valence-electron chi connectivity index (χ2n) is 5.40. The van der Waals surface area contributed by atoms with E-state index in [1.807, 2.05) is 19.1 Å². The van der Waals surface area contributed by atoms with Crippen LogP contribution in [0.3, 0.4) is 0 Å². The maximum absolute atomic E-state index is 12.8. The van der Waals surface area contributed by atoms with E-state index in [1.54, 1.807) is 42.5 Å². The molecule has 1 aliphatic heterocycles. The molecule has 0 bridgehead atoms. The largest absolute Gasteiger partial charge is 0.481 e. The van der Waals surface area contributed by atoms with Crippen LogP contribution in [0, 0.1) is 0 Å². The van der Waals surface area contributed by atoms with E-state index in [4.69, 9.17) is 4.74 Å². The van der Waals surface area contributed by atoms with Gasteiger partial charge in [0.15, 0.2) is 12.4 Å². The van der Waals surface area contributed by atoms with Crippen molar-refractivity contribution in [2.24, 2.45) is 0 Å². The van der Waals surface area contributed by atoms with Gasteiger partial charge in [-0.1, -0.05) is 12.1 Å². The Bertz CT molecular complexity index is 746. The molecule has 6 nitrogen and oxygen atoms in total. The van der Waals surface area contributed by atoms with Gasteiger partial charge in [-0.15, -0.1) is 0 Å². The smallest absolute Gasteiger partial charge is 0.262 e. The molecular weight excluding hydrogens is 294 g/mol. The maximum atomic E-state index is 12.8. The summed E-state index contributed by atoms with van der Waals surface area (Å²) >= 11 is 0. The molecule has 6 heteroatoms. The summed E-state index contributed by atoms with van der Waals surface area (Å²) in [4.78, 5) is 29.9. The summed E-state index contributed by atoms with van der Waals surface area (Å²) in [6.45, 7) is 1.85. The number of amides is 2. The third-order valence-electron chi connectivity index (χ3n) is 3.94. The topological polar surface area (TPSA) is 71.5 Å². The Morgan fingerprint density at radius 1 is 1.35 bits per heavy atom. The predicted octanol–water partition coefficient (Wildman–Crippen LogP) is 2.25. The Labute approximate surface area is 134 Å². The van der Waals surface area contributed by atoms with Crippen LogP contribution in [-0.2, 0) is 4.79 Å². The number of hydrogen-bond acceptors (Lipinski definition) is 4. The summed E-state index contributed by atoms with van der Waals surface area (Å²) in [5.74, 6) is 0.0240. The quantitative estimate of drug-likeness (QED) is 0.943. The van der Waals surface area contributed by atoms with E-state index in [0.717, 1.165) is 5.56 Å². The monoisotopic (exact) mass is 311 g/mol. The van der Waals surface area contributed by atoms with Crippen molar-refractivity contribution in [2.45, 2.75) is 13.0 Å². The zero-order chi connectivity index (χ0) is 16.4. The van der Waals surface area contributed by atoms with Crippen molar-refractivity contribution in [3.63, 3.8) is 0 Å². The van der Waals surface area contributed by atoms with Crippen LogP contribution >= 0.6 is 0 Å². The zero-order valence-corrected chi connectivity index (χ0v) is 12.9. The van der Waals surface area contributed by atoms with Crippen molar-refractivity contribution in [1.82, 2.24) is 9.88 Å². The summed E-state index contributed by atoms with van der Waals surface area (Å²) in [7, 11) is 1.74. The van der Waals surface area contributed by atoms with Crippen molar-refractivity contribution in [3.8, 4) is 5.75 Å². The third kappa shape index (κ3) is 2.88. The number of aromatic nitrogens is 1. The van der Waals surface area contributed by atoms with Crippen molar-refractivity contribution in [3.05, 3.63) is 53.9 Å². The number of benzene rings is 1. The molecule has 0 saturated heterocycles. The summed E-state index contributed by atoms with van der Waals surface area (Å²) in [5, 5.41) is 2.71. The highest BCUT2D eigenvalue weighted by Gasteiger charge is 2.26. The molecule has 0 spiro atoms. The van der Waals surface area contributed by atoms with E-state index < -0.39 is 0 Å². The van der Waals surface area contributed by atoms with E-state index in [9.17, 15) is 9.59 Å². The van der Waals surface area contributed by atoms with Gasteiger partial charge in [-0.25, -0.2) is 0 Å². The molecule has 2 amide bonds.